The SMILES string of the molecule is CCC(NCCc1ccn(C)n1)c1ccc(C)cc1. The molecule has 0 fully saturated rings. The van der Waals surface area contributed by atoms with Gasteiger partial charge in [-0.15, -0.1) is 0 Å². The predicted octanol–water partition coefficient (Wildman–Crippen LogP) is 3.01. The van der Waals surface area contributed by atoms with Crippen molar-refractivity contribution in [3.05, 3.63) is 53.3 Å². The van der Waals surface area contributed by atoms with Crippen LogP contribution in [-0.2, 0) is 13.5 Å². The highest BCUT2D eigenvalue weighted by atomic mass is 15.2. The summed E-state index contributed by atoms with van der Waals surface area (Å²) in [6.45, 7) is 5.31. The van der Waals surface area contributed by atoms with Gasteiger partial charge in [-0.1, -0.05) is 36.8 Å². The van der Waals surface area contributed by atoms with Crippen molar-refractivity contribution in [3.63, 3.8) is 0 Å². The maximum atomic E-state index is 4.39. The first-order valence-electron chi connectivity index (χ1n) is 6.97. The Bertz CT molecular complexity index is 499. The number of aryl methyl sites for hydroxylation is 2. The number of nitrogens with one attached hydrogen (secondary N) is 1. The minimum absolute atomic E-state index is 0.435. The Hall–Kier alpha value is -1.61. The summed E-state index contributed by atoms with van der Waals surface area (Å²) in [5.41, 5.74) is 3.83. The van der Waals surface area contributed by atoms with Crippen LogP contribution in [0.3, 0.4) is 0 Å². The van der Waals surface area contributed by atoms with Crippen molar-refractivity contribution < 1.29 is 0 Å². The summed E-state index contributed by atoms with van der Waals surface area (Å²) < 4.78 is 1.85. The summed E-state index contributed by atoms with van der Waals surface area (Å²) in [7, 11) is 1.96. The molecule has 0 amide bonds. The van der Waals surface area contributed by atoms with Crippen molar-refractivity contribution >= 4 is 0 Å². The van der Waals surface area contributed by atoms with Gasteiger partial charge in [0.1, 0.15) is 0 Å². The van der Waals surface area contributed by atoms with E-state index in [0.717, 1.165) is 25.1 Å². The van der Waals surface area contributed by atoms with Crippen LogP contribution >= 0.6 is 0 Å². The van der Waals surface area contributed by atoms with Gasteiger partial charge in [-0.2, -0.15) is 5.10 Å². The van der Waals surface area contributed by atoms with Crippen LogP contribution in [0.4, 0.5) is 0 Å². The molecule has 102 valence electrons. The van der Waals surface area contributed by atoms with E-state index in [4.69, 9.17) is 0 Å². The van der Waals surface area contributed by atoms with Gasteiger partial charge in [-0.05, 0) is 25.0 Å². The molecule has 2 aromatic rings. The highest BCUT2D eigenvalue weighted by Crippen LogP contribution is 2.16. The van der Waals surface area contributed by atoms with E-state index in [1.54, 1.807) is 0 Å². The predicted molar refractivity (Wildman–Crippen MR) is 79.1 cm³/mol. The van der Waals surface area contributed by atoms with Crippen molar-refractivity contribution in [2.45, 2.75) is 32.7 Å². The zero-order valence-corrected chi connectivity index (χ0v) is 12.1. The molecule has 0 aliphatic carbocycles. The summed E-state index contributed by atoms with van der Waals surface area (Å²) >= 11 is 0. The fourth-order valence-corrected chi connectivity index (χ4v) is 2.27. The molecule has 0 saturated heterocycles. The second kappa shape index (κ2) is 6.53. The normalized spacial score (nSPS) is 12.6. The van der Waals surface area contributed by atoms with Gasteiger partial charge in [0.15, 0.2) is 0 Å². The van der Waals surface area contributed by atoms with Crippen molar-refractivity contribution in [1.82, 2.24) is 15.1 Å². The fourth-order valence-electron chi connectivity index (χ4n) is 2.27. The van der Waals surface area contributed by atoms with Crippen LogP contribution in [0.25, 0.3) is 0 Å². The molecule has 1 atom stereocenters. The first-order valence-corrected chi connectivity index (χ1v) is 6.97. The molecule has 0 aliphatic heterocycles. The van der Waals surface area contributed by atoms with E-state index in [9.17, 15) is 0 Å². The van der Waals surface area contributed by atoms with Gasteiger partial charge in [0.05, 0.1) is 5.69 Å². The zero-order valence-electron chi connectivity index (χ0n) is 12.1. The smallest absolute Gasteiger partial charge is 0.0637 e. The lowest BCUT2D eigenvalue weighted by molar-refractivity contribution is 0.519. The molecule has 3 nitrogen and oxygen atoms in total. The Morgan fingerprint density at radius 1 is 1.21 bits per heavy atom. The van der Waals surface area contributed by atoms with Gasteiger partial charge in [-0.25, -0.2) is 0 Å². The Kier molecular flexibility index (Phi) is 4.74. The minimum atomic E-state index is 0.435. The van der Waals surface area contributed by atoms with Gasteiger partial charge in [0, 0.05) is 32.3 Å². The average molecular weight is 257 g/mol. The molecule has 1 N–H and O–H groups in total. The van der Waals surface area contributed by atoms with Crippen LogP contribution in [0, 0.1) is 6.92 Å². The summed E-state index contributed by atoms with van der Waals surface area (Å²) in [6, 6.07) is 11.3. The molecule has 0 aliphatic rings. The van der Waals surface area contributed by atoms with Gasteiger partial charge >= 0.3 is 0 Å². The number of hydrogen-bond acceptors (Lipinski definition) is 2. The van der Waals surface area contributed by atoms with Gasteiger partial charge in [0.2, 0.25) is 0 Å². The van der Waals surface area contributed by atoms with Crippen LogP contribution in [0.1, 0.15) is 36.2 Å². The van der Waals surface area contributed by atoms with Crippen molar-refractivity contribution in [1.29, 1.82) is 0 Å². The summed E-state index contributed by atoms with van der Waals surface area (Å²) in [4.78, 5) is 0. The van der Waals surface area contributed by atoms with Gasteiger partial charge < -0.3 is 5.32 Å². The zero-order chi connectivity index (χ0) is 13.7. The molecular weight excluding hydrogens is 234 g/mol. The van der Waals surface area contributed by atoms with Crippen LogP contribution in [0.15, 0.2) is 36.5 Å². The molecule has 19 heavy (non-hydrogen) atoms. The third kappa shape index (κ3) is 3.93. The van der Waals surface area contributed by atoms with Crippen molar-refractivity contribution in [2.75, 3.05) is 6.54 Å². The number of hydrogen-bond donors (Lipinski definition) is 1. The molecule has 1 heterocycles. The number of nitrogens with zero attached hydrogens (tertiary/aromatic N) is 2. The monoisotopic (exact) mass is 257 g/mol. The third-order valence-electron chi connectivity index (χ3n) is 3.43. The van der Waals surface area contributed by atoms with E-state index in [-0.39, 0.29) is 0 Å². The lowest BCUT2D eigenvalue weighted by atomic mass is 10.0. The Labute approximate surface area is 115 Å². The second-order valence-corrected chi connectivity index (χ2v) is 5.06. The molecule has 0 saturated carbocycles. The first kappa shape index (κ1) is 13.8. The number of rotatable bonds is 6. The standard InChI is InChI=1S/C16H23N3/c1-4-16(14-7-5-13(2)6-8-14)17-11-9-15-10-12-19(3)18-15/h5-8,10,12,16-17H,4,9,11H2,1-3H3. The molecular formula is C16H23N3. The van der Waals surface area contributed by atoms with Crippen LogP contribution in [0.5, 0.6) is 0 Å². The molecule has 3 heteroatoms. The Morgan fingerprint density at radius 3 is 2.53 bits per heavy atom. The minimum Gasteiger partial charge on any atom is -0.310 e. The Morgan fingerprint density at radius 2 is 1.95 bits per heavy atom. The molecule has 0 bridgehead atoms. The van der Waals surface area contributed by atoms with E-state index in [0.29, 0.717) is 6.04 Å². The van der Waals surface area contributed by atoms with Crippen molar-refractivity contribution in [2.24, 2.45) is 7.05 Å². The topological polar surface area (TPSA) is 29.9 Å². The van der Waals surface area contributed by atoms with E-state index in [1.807, 2.05) is 17.9 Å². The summed E-state index contributed by atoms with van der Waals surface area (Å²) in [6.07, 6.45) is 4.07. The third-order valence-corrected chi connectivity index (χ3v) is 3.43. The molecule has 0 radical (unpaired) electrons. The average Bonchev–Trinajstić information content (AvgIpc) is 2.82. The second-order valence-electron chi connectivity index (χ2n) is 5.06. The summed E-state index contributed by atoms with van der Waals surface area (Å²) in [5.74, 6) is 0. The Balaban J connectivity index is 1.87. The van der Waals surface area contributed by atoms with E-state index >= 15 is 0 Å². The lowest BCUT2D eigenvalue weighted by Crippen LogP contribution is -2.23. The van der Waals surface area contributed by atoms with E-state index in [2.05, 4.69) is 54.6 Å². The van der Waals surface area contributed by atoms with Crippen LogP contribution < -0.4 is 5.32 Å². The largest absolute Gasteiger partial charge is 0.310 e. The maximum absolute atomic E-state index is 4.39. The fraction of sp³-hybridized carbons (Fsp3) is 0.438. The van der Waals surface area contributed by atoms with Gasteiger partial charge in [0.25, 0.3) is 0 Å². The van der Waals surface area contributed by atoms with Crippen LogP contribution in [-0.4, -0.2) is 16.3 Å². The molecule has 2 rings (SSSR count). The van der Waals surface area contributed by atoms with E-state index in [1.165, 1.54) is 11.1 Å². The first-order chi connectivity index (χ1) is 9.19. The quantitative estimate of drug-likeness (QED) is 0.862. The highest BCUT2D eigenvalue weighted by Gasteiger charge is 2.08. The molecule has 1 aromatic heterocycles. The summed E-state index contributed by atoms with van der Waals surface area (Å²) in [5, 5.41) is 8.01. The van der Waals surface area contributed by atoms with Crippen molar-refractivity contribution in [3.8, 4) is 0 Å². The van der Waals surface area contributed by atoms with Gasteiger partial charge in [-0.3, -0.25) is 4.68 Å². The molecule has 1 unspecified atom stereocenters. The molecule has 0 spiro atoms. The lowest BCUT2D eigenvalue weighted by Gasteiger charge is -2.17. The molecule has 1 aromatic carbocycles. The number of benzene rings is 1. The van der Waals surface area contributed by atoms with Crippen LogP contribution in [0.2, 0.25) is 0 Å². The van der Waals surface area contributed by atoms with E-state index < -0.39 is 0 Å². The highest BCUT2D eigenvalue weighted by molar-refractivity contribution is 5.24. The maximum Gasteiger partial charge on any atom is 0.0637 e. The number of aromatic nitrogens is 2.